The second kappa shape index (κ2) is 140000. The van der Waals surface area contributed by atoms with E-state index in [0.29, 0.717) is 0 Å². The van der Waals surface area contributed by atoms with Crippen molar-refractivity contribution in [1.82, 2.24) is 0 Å². The minimum atomic E-state index is 0. The van der Waals surface area contributed by atoms with Gasteiger partial charge < -0.3 is 25.3 Å². The van der Waals surface area contributed by atoms with Gasteiger partial charge in [0, 0.05) is 34.1 Å². The fourth-order valence-corrected chi connectivity index (χ4v) is 0. The van der Waals surface area contributed by atoms with Crippen molar-refractivity contribution >= 4 is 25.3 Å². The Morgan fingerprint density at radius 1 is 0.389 bits per heavy atom. The summed E-state index contributed by atoms with van der Waals surface area (Å²) in [7, 11) is 0. The molecule has 0 saturated carbocycles. The molecular weight excluding hydrogens is 368 g/mol. The summed E-state index contributed by atoms with van der Waals surface area (Å²) in [6.45, 7) is 27.0. The standard InChI is InChI=1S/6CO.2CH4S.2Fe/c8*1-2;;/h;;;;;;2*2H,1H3;;/p-2. The van der Waals surface area contributed by atoms with E-state index in [1.165, 1.54) is 0 Å². The normalized spacial score (nSPS) is 1.33. The fraction of sp³-hybridized carbons (Fsp3) is 0.250. The predicted molar refractivity (Wildman–Crippen MR) is 50.2 cm³/mol. The van der Waals surface area contributed by atoms with Crippen molar-refractivity contribution in [2.24, 2.45) is 0 Å². The van der Waals surface area contributed by atoms with E-state index in [0.717, 1.165) is 0 Å². The van der Waals surface area contributed by atoms with Crippen LogP contribution in [0.3, 0.4) is 0 Å². The summed E-state index contributed by atoms with van der Waals surface area (Å²) < 4.78 is 45.0. The van der Waals surface area contributed by atoms with Crippen molar-refractivity contribution in [1.29, 1.82) is 0 Å². The minimum absolute atomic E-state index is 0. The molecule has 6 nitrogen and oxygen atoms in total. The Labute approximate surface area is 139 Å². The second-order valence-electron chi connectivity index (χ2n) is 0. The van der Waals surface area contributed by atoms with Gasteiger partial charge in [-0.25, -0.2) is 0 Å². The molecule has 0 atom stereocenters. The third-order valence-electron chi connectivity index (χ3n) is 0. The molecule has 0 unspecified atom stereocenters. The van der Waals surface area contributed by atoms with Gasteiger partial charge in [0.2, 0.25) is 0 Å². The van der Waals surface area contributed by atoms with Crippen LogP contribution in [0.2, 0.25) is 0 Å². The van der Waals surface area contributed by atoms with Crippen LogP contribution in [0, 0.1) is 39.9 Å². The zero-order valence-corrected chi connectivity index (χ0v) is 12.8. The molecule has 0 aliphatic rings. The van der Waals surface area contributed by atoms with E-state index in [9.17, 15) is 0 Å². The van der Waals surface area contributed by atoms with E-state index in [1.54, 1.807) is 12.5 Å². The summed E-state index contributed by atoms with van der Waals surface area (Å²) in [4.78, 5) is 0. The first-order chi connectivity index (χ1) is 8.00. The van der Waals surface area contributed by atoms with Crippen LogP contribution in [0.15, 0.2) is 0 Å². The molecule has 0 aromatic rings. The van der Waals surface area contributed by atoms with E-state index in [1.807, 2.05) is 0 Å². The van der Waals surface area contributed by atoms with Crippen LogP contribution in [-0.4, -0.2) is 12.5 Å². The van der Waals surface area contributed by atoms with Crippen molar-refractivity contribution in [3.05, 3.63) is 39.9 Å². The molecule has 0 spiro atoms. The Kier molecular flexibility index (Phi) is 626000. The van der Waals surface area contributed by atoms with Crippen LogP contribution < -0.4 is 0 Å². The van der Waals surface area contributed by atoms with Crippen molar-refractivity contribution in [2.75, 3.05) is 12.5 Å². The Morgan fingerprint density at radius 3 is 0.389 bits per heavy atom. The zero-order valence-electron chi connectivity index (χ0n) is 8.97. The number of rotatable bonds is 0. The van der Waals surface area contributed by atoms with E-state index >= 15 is 0 Å². The van der Waals surface area contributed by atoms with Gasteiger partial charge in [-0.05, 0) is 0 Å². The Bertz CT molecular complexity index is 107. The smallest absolute Gasteiger partial charge is 0 e. The van der Waals surface area contributed by atoms with Gasteiger partial charge in [-0.1, -0.05) is 0 Å². The Balaban J connectivity index is -0.00000000500. The Hall–Kier alpha value is 0.179. The van der Waals surface area contributed by atoms with Gasteiger partial charge >= 0.3 is 67.8 Å². The monoisotopic (exact) mass is 374 g/mol. The van der Waals surface area contributed by atoms with E-state index in [4.69, 9.17) is 27.9 Å². The molecular formula is C8H6Fe2O6S2-2. The number of hydrogen-bond acceptors (Lipinski definition) is 2. The summed E-state index contributed by atoms with van der Waals surface area (Å²) >= 11 is 8.17. The van der Waals surface area contributed by atoms with Gasteiger partial charge in [0.25, 0.3) is 0 Å². The first kappa shape index (κ1) is 80.2. The minimum Gasteiger partial charge on any atom is 0 e. The molecule has 0 aromatic carbocycles. The molecule has 0 aliphatic carbocycles. The van der Waals surface area contributed by atoms with Crippen LogP contribution in [0.5, 0.6) is 0 Å². The van der Waals surface area contributed by atoms with Crippen LogP contribution >= 0.6 is 0 Å². The summed E-state index contributed by atoms with van der Waals surface area (Å²) in [5.74, 6) is 0. The summed E-state index contributed by atoms with van der Waals surface area (Å²) in [5, 5.41) is 0. The third kappa shape index (κ3) is 116000. The summed E-state index contributed by atoms with van der Waals surface area (Å²) in [5.41, 5.74) is 0. The van der Waals surface area contributed by atoms with Crippen LogP contribution in [0.25, 0.3) is 0 Å². The molecule has 0 radical (unpaired) electrons. The van der Waals surface area contributed by atoms with Crippen LogP contribution in [0.4, 0.5) is 0 Å². The molecule has 0 fully saturated rings. The molecule has 18 heavy (non-hydrogen) atoms. The quantitative estimate of drug-likeness (QED) is 0.259. The van der Waals surface area contributed by atoms with Gasteiger partial charge in [-0.3, -0.25) is 0 Å². The van der Waals surface area contributed by atoms with E-state index < -0.39 is 0 Å². The van der Waals surface area contributed by atoms with Crippen molar-refractivity contribution in [3.8, 4) is 0 Å². The fourth-order valence-electron chi connectivity index (χ4n) is 0. The maximum Gasteiger partial charge on any atom is 0 e. The molecule has 0 aliphatic heterocycles. The van der Waals surface area contributed by atoms with Gasteiger partial charge in [0.1, 0.15) is 0 Å². The molecule has 0 saturated heterocycles. The first-order valence-electron chi connectivity index (χ1n) is 2.04. The van der Waals surface area contributed by atoms with Crippen LogP contribution in [0.1, 0.15) is 0 Å². The van der Waals surface area contributed by atoms with Crippen molar-refractivity contribution in [3.63, 3.8) is 0 Å². The second-order valence-corrected chi connectivity index (χ2v) is 0. The molecule has 0 heterocycles. The molecule has 0 N–H and O–H groups in total. The van der Waals surface area contributed by atoms with Crippen LogP contribution in [-0.2, 0) is 87.3 Å². The SMILES string of the molecule is C[S-].C[S-].[C-]#[O+].[C-]#[O+].[C-]#[O+].[C-]#[O+].[C-]#[O+].[C-]#[O+].[Fe].[Fe]. The topological polar surface area (TPSA) is 119 Å². The van der Waals surface area contributed by atoms with Gasteiger partial charge in [0.05, 0.1) is 0 Å². The maximum atomic E-state index is 7.50. The van der Waals surface area contributed by atoms with Crippen molar-refractivity contribution in [2.45, 2.75) is 0 Å². The summed E-state index contributed by atoms with van der Waals surface area (Å²) in [6.07, 6.45) is 3.17. The summed E-state index contributed by atoms with van der Waals surface area (Å²) in [6, 6.07) is 0. The van der Waals surface area contributed by atoms with E-state index in [2.05, 4.69) is 65.2 Å². The predicted octanol–water partition coefficient (Wildman–Crippen LogP) is 0.0961. The molecule has 0 bridgehead atoms. The molecule has 0 rings (SSSR count). The molecule has 10 heteroatoms. The van der Waals surface area contributed by atoms with Crippen molar-refractivity contribution < 1.29 is 62.1 Å². The maximum absolute atomic E-state index is 7.50. The zero-order chi connectivity index (χ0) is 16.0. The van der Waals surface area contributed by atoms with Gasteiger partial charge in [0.15, 0.2) is 0 Å². The third-order valence-corrected chi connectivity index (χ3v) is 0. The molecule has 104 valence electrons. The average molecular weight is 374 g/mol. The largest absolute Gasteiger partial charge is 0 e. The van der Waals surface area contributed by atoms with Gasteiger partial charge in [-0.2, -0.15) is 12.5 Å². The number of hydrogen-bond donors (Lipinski definition) is 0. The van der Waals surface area contributed by atoms with Gasteiger partial charge in [-0.15, -0.1) is 0 Å². The molecule has 0 amide bonds. The average Bonchev–Trinajstić information content (AvgIpc) is 2.54. The Morgan fingerprint density at radius 2 is 0.389 bits per heavy atom. The first-order valence-corrected chi connectivity index (χ1v) is 3.67. The molecule has 0 aromatic heterocycles. The van der Waals surface area contributed by atoms with E-state index in [-0.39, 0.29) is 34.1 Å².